The highest BCUT2D eigenvalue weighted by atomic mass is 16.5. The van der Waals surface area contributed by atoms with Crippen molar-refractivity contribution in [3.63, 3.8) is 0 Å². The first-order valence-corrected chi connectivity index (χ1v) is 5.56. The lowest BCUT2D eigenvalue weighted by Gasteiger charge is -2.32. The minimum atomic E-state index is 0.0364. The number of hydroxylamine groups is 2. The van der Waals surface area contributed by atoms with Gasteiger partial charge in [0.25, 0.3) is 0 Å². The average molecular weight is 246 g/mol. The fraction of sp³-hybridized carbons (Fsp3) is 0.333. The van der Waals surface area contributed by atoms with Crippen molar-refractivity contribution in [2.45, 2.75) is 27.7 Å². The Kier molecular flexibility index (Phi) is 2.96. The zero-order chi connectivity index (χ0) is 13.4. The lowest BCUT2D eigenvalue weighted by molar-refractivity contribution is -0.449. The van der Waals surface area contributed by atoms with Gasteiger partial charge in [0.05, 0.1) is 0 Å². The Balaban J connectivity index is 2.59. The predicted molar refractivity (Wildman–Crippen MR) is 69.6 cm³/mol. The Hall–Kier alpha value is -2.08. The minimum Gasteiger partial charge on any atom is -0.753 e. The van der Waals surface area contributed by atoms with E-state index < -0.39 is 0 Å². The molecule has 0 spiro atoms. The van der Waals surface area contributed by atoms with E-state index in [0.29, 0.717) is 32.6 Å². The monoisotopic (exact) mass is 246 g/mol. The van der Waals surface area contributed by atoms with Gasteiger partial charge in [0, 0.05) is 36.1 Å². The van der Waals surface area contributed by atoms with E-state index in [1.54, 1.807) is 39.8 Å². The summed E-state index contributed by atoms with van der Waals surface area (Å²) >= 11 is 0. The van der Waals surface area contributed by atoms with Crippen molar-refractivity contribution < 1.29 is 4.76 Å². The summed E-state index contributed by atoms with van der Waals surface area (Å²) in [6.45, 7) is 6.88. The van der Waals surface area contributed by atoms with Crippen LogP contribution in [-0.4, -0.2) is 21.2 Å². The van der Waals surface area contributed by atoms with E-state index in [1.165, 1.54) is 0 Å². The molecule has 0 atom stereocenters. The topological polar surface area (TPSA) is 71.1 Å². The largest absolute Gasteiger partial charge is 0.753 e. The van der Waals surface area contributed by atoms with Crippen molar-refractivity contribution in [3.05, 3.63) is 45.3 Å². The van der Waals surface area contributed by atoms with Crippen LogP contribution in [0.5, 0.6) is 0 Å². The zero-order valence-electron chi connectivity index (χ0n) is 10.8. The molecule has 0 aliphatic carbocycles. The predicted octanol–water partition coefficient (Wildman–Crippen LogP) is 2.45. The summed E-state index contributed by atoms with van der Waals surface area (Å²) in [5.41, 5.74) is 2.32. The Bertz CT molecular complexity index is 579. The maximum absolute atomic E-state index is 12.0. The highest BCUT2D eigenvalue weighted by Crippen LogP contribution is 2.25. The van der Waals surface area contributed by atoms with E-state index >= 15 is 0 Å². The molecule has 0 aromatic carbocycles. The number of hydrogen-bond acceptors (Lipinski definition) is 5. The second kappa shape index (κ2) is 4.30. The van der Waals surface area contributed by atoms with Gasteiger partial charge in [-0.2, -0.15) is 0 Å². The highest BCUT2D eigenvalue weighted by Gasteiger charge is 2.30. The molecule has 6 nitrogen and oxygen atoms in total. The summed E-state index contributed by atoms with van der Waals surface area (Å²) in [6.07, 6.45) is 3.32. The molecular formula is C12H14N4O2. The molecule has 2 aliphatic rings. The van der Waals surface area contributed by atoms with Crippen LogP contribution in [0.2, 0.25) is 0 Å². The van der Waals surface area contributed by atoms with Crippen LogP contribution in [0.15, 0.2) is 45.2 Å². The third kappa shape index (κ3) is 2.02. The maximum Gasteiger partial charge on any atom is 0.409 e. The summed E-state index contributed by atoms with van der Waals surface area (Å²) in [5.74, 6) is 0.0728. The van der Waals surface area contributed by atoms with E-state index in [9.17, 15) is 10.1 Å². The molecule has 0 bridgehead atoms. The second-order valence-corrected chi connectivity index (χ2v) is 4.31. The molecule has 0 aromatic heterocycles. The first-order valence-electron chi connectivity index (χ1n) is 5.56. The molecule has 0 radical (unpaired) electrons. The molecule has 2 rings (SSSR count). The van der Waals surface area contributed by atoms with Crippen LogP contribution in [0, 0.1) is 10.1 Å². The Morgan fingerprint density at radius 2 is 1.72 bits per heavy atom. The molecule has 2 aliphatic heterocycles. The number of rotatable bonds is 0. The first-order chi connectivity index (χ1) is 8.40. The molecule has 0 aromatic rings. The summed E-state index contributed by atoms with van der Waals surface area (Å²) in [7, 11) is 0. The van der Waals surface area contributed by atoms with Crippen molar-refractivity contribution in [1.29, 1.82) is 0 Å². The summed E-state index contributed by atoms with van der Waals surface area (Å²) in [4.78, 5) is 20.2. The molecular weight excluding hydrogens is 232 g/mol. The minimum absolute atomic E-state index is 0.0364. The van der Waals surface area contributed by atoms with E-state index in [-0.39, 0.29) is 11.6 Å². The standard InChI is InChI=1S/C12H14N4O2/c1-7-5-9(3)15(17)11(13-7)12-14-8(2)6-10(4)16(12)18/h5-6H,1-4H3. The van der Waals surface area contributed by atoms with Gasteiger partial charge in [-0.25, -0.2) is 4.99 Å². The quantitative estimate of drug-likeness (QED) is 0.616. The van der Waals surface area contributed by atoms with Gasteiger partial charge in [-0.3, -0.25) is 0 Å². The molecule has 0 amide bonds. The van der Waals surface area contributed by atoms with Crippen molar-refractivity contribution >= 4 is 11.4 Å². The number of nitroso groups, excluding NO2 is 1. The van der Waals surface area contributed by atoms with Gasteiger partial charge in [0.2, 0.25) is 5.82 Å². The Labute approximate surface area is 105 Å². The van der Waals surface area contributed by atoms with Gasteiger partial charge in [-0.15, -0.1) is 0 Å². The van der Waals surface area contributed by atoms with Crippen LogP contribution in [0.3, 0.4) is 0 Å². The summed E-state index contributed by atoms with van der Waals surface area (Å²) < 4.78 is 0.628. The number of nitrogens with zero attached hydrogens (tertiary/aromatic N) is 4. The van der Waals surface area contributed by atoms with E-state index in [2.05, 4.69) is 9.98 Å². The van der Waals surface area contributed by atoms with Crippen LogP contribution in [-0.2, 0) is 0 Å². The molecule has 0 saturated heterocycles. The SMILES string of the molecule is CC1=CC(C)=NC(=C2N=C(C)C=C(C)[N+]2=O)N1[O-]. The van der Waals surface area contributed by atoms with Gasteiger partial charge in [0.15, 0.2) is 11.4 Å². The number of allylic oxidation sites excluding steroid dienone is 4. The molecule has 0 saturated carbocycles. The molecule has 2 heterocycles. The molecule has 0 unspecified atom stereocenters. The van der Waals surface area contributed by atoms with Gasteiger partial charge in [0.1, 0.15) is 0 Å². The molecule has 6 heteroatoms. The molecule has 0 N–H and O–H groups in total. The third-order valence-corrected chi connectivity index (χ3v) is 2.63. The lowest BCUT2D eigenvalue weighted by Crippen LogP contribution is -2.23. The summed E-state index contributed by atoms with van der Waals surface area (Å²) in [6, 6.07) is 0. The van der Waals surface area contributed by atoms with Crippen LogP contribution >= 0.6 is 0 Å². The average Bonchev–Trinajstić information content (AvgIpc) is 2.28. The summed E-state index contributed by atoms with van der Waals surface area (Å²) in [5, 5.41) is 12.6. The number of aliphatic imine (C=N–C) groups is 2. The van der Waals surface area contributed by atoms with Crippen molar-refractivity contribution in [2.75, 3.05) is 0 Å². The van der Waals surface area contributed by atoms with E-state index in [4.69, 9.17) is 0 Å². The van der Waals surface area contributed by atoms with Crippen molar-refractivity contribution in [1.82, 2.24) is 5.06 Å². The molecule has 18 heavy (non-hydrogen) atoms. The number of hydrogen-bond donors (Lipinski definition) is 0. The molecule has 94 valence electrons. The van der Waals surface area contributed by atoms with Crippen LogP contribution in [0.25, 0.3) is 0 Å². The molecule has 0 fully saturated rings. The van der Waals surface area contributed by atoms with Gasteiger partial charge >= 0.3 is 5.82 Å². The lowest BCUT2D eigenvalue weighted by atomic mass is 10.2. The zero-order valence-corrected chi connectivity index (χ0v) is 10.8. The maximum atomic E-state index is 12.0. The van der Waals surface area contributed by atoms with Gasteiger partial charge in [-0.05, 0) is 24.9 Å². The van der Waals surface area contributed by atoms with Gasteiger partial charge < -0.3 is 10.3 Å². The Morgan fingerprint density at radius 1 is 1.11 bits per heavy atom. The normalized spacial score (nSPS) is 24.5. The fourth-order valence-electron chi connectivity index (χ4n) is 1.83. The van der Waals surface area contributed by atoms with E-state index in [1.807, 2.05) is 0 Å². The van der Waals surface area contributed by atoms with Crippen LogP contribution in [0.1, 0.15) is 27.7 Å². The van der Waals surface area contributed by atoms with Crippen LogP contribution < -0.4 is 0 Å². The van der Waals surface area contributed by atoms with E-state index in [0.717, 1.165) is 0 Å². The van der Waals surface area contributed by atoms with Gasteiger partial charge in [-0.1, -0.05) is 4.91 Å². The smallest absolute Gasteiger partial charge is 0.409 e. The first kappa shape index (κ1) is 12.4. The third-order valence-electron chi connectivity index (χ3n) is 2.63. The van der Waals surface area contributed by atoms with Crippen molar-refractivity contribution in [3.8, 4) is 0 Å². The van der Waals surface area contributed by atoms with Crippen molar-refractivity contribution in [2.24, 2.45) is 9.98 Å². The fourth-order valence-corrected chi connectivity index (χ4v) is 1.83. The Morgan fingerprint density at radius 3 is 2.39 bits per heavy atom. The highest BCUT2D eigenvalue weighted by molar-refractivity contribution is 5.95. The second-order valence-electron chi connectivity index (χ2n) is 4.31. The van der Waals surface area contributed by atoms with Crippen LogP contribution in [0.4, 0.5) is 0 Å².